The fraction of sp³-hybridized carbons (Fsp3) is 0.516. The lowest BCUT2D eigenvalue weighted by atomic mass is 9.89. The van der Waals surface area contributed by atoms with Crippen molar-refractivity contribution in [1.29, 1.82) is 0 Å². The van der Waals surface area contributed by atoms with Crippen LogP contribution in [-0.4, -0.2) is 22.6 Å². The van der Waals surface area contributed by atoms with Gasteiger partial charge in [-0.1, -0.05) is 55.2 Å². The first kappa shape index (κ1) is 24.1. The molecule has 2 aliphatic carbocycles. The van der Waals surface area contributed by atoms with E-state index in [2.05, 4.69) is 65.5 Å². The van der Waals surface area contributed by atoms with Crippen LogP contribution in [0.3, 0.4) is 0 Å². The van der Waals surface area contributed by atoms with Gasteiger partial charge in [0.15, 0.2) is 0 Å². The number of fused-ring (bicyclic) bond motifs is 1. The summed E-state index contributed by atoms with van der Waals surface area (Å²) < 4.78 is 2.47. The average Bonchev–Trinajstić information content (AvgIpc) is 3.21. The number of hydrogen-bond acceptors (Lipinski definition) is 2. The molecule has 3 N–H and O–H groups in total. The van der Waals surface area contributed by atoms with Crippen molar-refractivity contribution in [2.24, 2.45) is 11.7 Å². The Labute approximate surface area is 210 Å². The van der Waals surface area contributed by atoms with Crippen LogP contribution in [0.1, 0.15) is 75.3 Å². The number of nitrogens with two attached hydrogens (primary N) is 1. The number of rotatable bonds is 7. The van der Waals surface area contributed by atoms with Crippen LogP contribution >= 0.6 is 0 Å². The monoisotopic (exact) mass is 471 g/mol. The highest BCUT2D eigenvalue weighted by Gasteiger charge is 2.21. The van der Waals surface area contributed by atoms with Crippen LogP contribution in [0.5, 0.6) is 0 Å². The molecule has 1 amide bonds. The fourth-order valence-electron chi connectivity index (χ4n) is 6.18. The Morgan fingerprint density at radius 3 is 2.51 bits per heavy atom. The molecular weight excluding hydrogens is 430 g/mol. The molecule has 35 heavy (non-hydrogen) atoms. The van der Waals surface area contributed by atoms with Gasteiger partial charge in [-0.2, -0.15) is 0 Å². The van der Waals surface area contributed by atoms with Crippen molar-refractivity contribution in [1.82, 2.24) is 9.88 Å². The van der Waals surface area contributed by atoms with Gasteiger partial charge in [-0.25, -0.2) is 0 Å². The smallest absolute Gasteiger partial charge is 0.220 e. The van der Waals surface area contributed by atoms with Gasteiger partial charge in [0.05, 0.1) is 0 Å². The van der Waals surface area contributed by atoms with Gasteiger partial charge in [-0.15, -0.1) is 0 Å². The molecule has 1 aromatic heterocycles. The standard InChI is InChI=1S/C31H41N3O/c1-22-6-5-9-24(18-22)25-10-16-30-29(19-25)26(21-34(30)20-23-7-3-2-4-8-23)11-17-31(35)33-28-14-12-27(32)13-15-28/h5-6,9-10,16,18-19,21,23,27-28H,2-4,7-8,11-15,17,20,32H2,1H3,(H,33,35)/t27-,28-. The molecule has 186 valence electrons. The first-order valence-electron chi connectivity index (χ1n) is 13.8. The molecule has 0 radical (unpaired) electrons. The Kier molecular flexibility index (Phi) is 7.57. The van der Waals surface area contributed by atoms with E-state index >= 15 is 0 Å². The molecule has 2 fully saturated rings. The van der Waals surface area contributed by atoms with Crippen LogP contribution in [0.15, 0.2) is 48.7 Å². The van der Waals surface area contributed by atoms with Gasteiger partial charge in [-0.05, 0) is 86.6 Å². The third-order valence-electron chi connectivity index (χ3n) is 8.25. The molecule has 0 aliphatic heterocycles. The second-order valence-electron chi connectivity index (χ2n) is 11.1. The van der Waals surface area contributed by atoms with Crippen molar-refractivity contribution in [2.75, 3.05) is 0 Å². The molecule has 2 aromatic carbocycles. The van der Waals surface area contributed by atoms with E-state index in [1.807, 2.05) is 0 Å². The second-order valence-corrected chi connectivity index (χ2v) is 11.1. The second kappa shape index (κ2) is 11.0. The van der Waals surface area contributed by atoms with Gasteiger partial charge in [0.1, 0.15) is 0 Å². The molecule has 0 unspecified atom stereocenters. The lowest BCUT2D eigenvalue weighted by Gasteiger charge is -2.26. The van der Waals surface area contributed by atoms with Crippen molar-refractivity contribution in [2.45, 2.75) is 96.2 Å². The van der Waals surface area contributed by atoms with Gasteiger partial charge in [0.25, 0.3) is 0 Å². The number of aryl methyl sites for hydroxylation is 2. The highest BCUT2D eigenvalue weighted by atomic mass is 16.1. The van der Waals surface area contributed by atoms with E-state index in [9.17, 15) is 4.79 Å². The third-order valence-corrected chi connectivity index (χ3v) is 8.25. The van der Waals surface area contributed by atoms with Crippen LogP contribution in [0.4, 0.5) is 0 Å². The Bertz CT molecular complexity index is 1150. The molecule has 4 heteroatoms. The highest BCUT2D eigenvalue weighted by molar-refractivity contribution is 5.89. The van der Waals surface area contributed by atoms with E-state index in [0.717, 1.165) is 44.6 Å². The number of carbonyl (C=O) groups is 1. The largest absolute Gasteiger partial charge is 0.353 e. The Morgan fingerprint density at radius 1 is 0.971 bits per heavy atom. The van der Waals surface area contributed by atoms with Crippen molar-refractivity contribution >= 4 is 16.8 Å². The molecule has 3 aromatic rings. The van der Waals surface area contributed by atoms with Gasteiger partial charge < -0.3 is 15.6 Å². The summed E-state index contributed by atoms with van der Waals surface area (Å²) in [7, 11) is 0. The summed E-state index contributed by atoms with van der Waals surface area (Å²) in [4.78, 5) is 12.8. The molecule has 0 saturated heterocycles. The quantitative estimate of drug-likeness (QED) is 0.412. The minimum Gasteiger partial charge on any atom is -0.353 e. The fourth-order valence-corrected chi connectivity index (χ4v) is 6.18. The maximum absolute atomic E-state index is 12.8. The van der Waals surface area contributed by atoms with Crippen molar-refractivity contribution in [3.63, 3.8) is 0 Å². The summed E-state index contributed by atoms with van der Waals surface area (Å²) in [5.74, 6) is 0.943. The number of amides is 1. The van der Waals surface area contributed by atoms with E-state index < -0.39 is 0 Å². The van der Waals surface area contributed by atoms with Crippen molar-refractivity contribution in [3.8, 4) is 11.1 Å². The number of benzene rings is 2. The molecule has 1 heterocycles. The zero-order valence-electron chi connectivity index (χ0n) is 21.3. The molecule has 5 rings (SSSR count). The van der Waals surface area contributed by atoms with Crippen LogP contribution < -0.4 is 11.1 Å². The minimum absolute atomic E-state index is 0.175. The third kappa shape index (κ3) is 5.98. The lowest BCUT2D eigenvalue weighted by Crippen LogP contribution is -2.40. The van der Waals surface area contributed by atoms with Crippen LogP contribution in [-0.2, 0) is 17.8 Å². The Balaban J connectivity index is 1.37. The SMILES string of the molecule is Cc1cccc(-c2ccc3c(c2)c(CCC(=O)N[C@H]2CC[C@H](N)CC2)cn3CC2CCCCC2)c1. The van der Waals surface area contributed by atoms with Gasteiger partial charge in [0.2, 0.25) is 5.91 Å². The summed E-state index contributed by atoms with van der Waals surface area (Å²) in [5.41, 5.74) is 12.4. The van der Waals surface area contributed by atoms with E-state index in [1.54, 1.807) is 0 Å². The van der Waals surface area contributed by atoms with Gasteiger partial charge in [0, 0.05) is 42.1 Å². The van der Waals surface area contributed by atoms with Crippen LogP contribution in [0.25, 0.3) is 22.0 Å². The normalized spacial score (nSPS) is 21.3. The van der Waals surface area contributed by atoms with Gasteiger partial charge >= 0.3 is 0 Å². The summed E-state index contributed by atoms with van der Waals surface area (Å²) >= 11 is 0. The average molecular weight is 472 g/mol. The molecule has 2 aliphatic rings. The molecule has 2 saturated carbocycles. The number of hydrogen-bond donors (Lipinski definition) is 2. The number of carbonyl (C=O) groups excluding carboxylic acids is 1. The van der Waals surface area contributed by atoms with Gasteiger partial charge in [-0.3, -0.25) is 4.79 Å². The van der Waals surface area contributed by atoms with Crippen LogP contribution in [0.2, 0.25) is 0 Å². The maximum atomic E-state index is 12.8. The van der Waals surface area contributed by atoms with E-state index in [0.29, 0.717) is 18.5 Å². The summed E-state index contributed by atoms with van der Waals surface area (Å²) in [5, 5.41) is 4.57. The molecule has 0 bridgehead atoms. The first-order chi connectivity index (χ1) is 17.0. The number of nitrogens with zero attached hydrogens (tertiary/aromatic N) is 1. The lowest BCUT2D eigenvalue weighted by molar-refractivity contribution is -0.122. The Hall–Kier alpha value is -2.59. The minimum atomic E-state index is 0.175. The van der Waals surface area contributed by atoms with E-state index in [1.165, 1.54) is 65.3 Å². The zero-order chi connectivity index (χ0) is 24.2. The molecular formula is C31H41N3O. The topological polar surface area (TPSA) is 60.1 Å². The zero-order valence-corrected chi connectivity index (χ0v) is 21.3. The van der Waals surface area contributed by atoms with Crippen LogP contribution in [0, 0.1) is 12.8 Å². The summed E-state index contributed by atoms with van der Waals surface area (Å²) in [6.45, 7) is 3.24. The summed E-state index contributed by atoms with van der Waals surface area (Å²) in [6, 6.07) is 16.2. The Morgan fingerprint density at radius 2 is 1.74 bits per heavy atom. The van der Waals surface area contributed by atoms with Crippen molar-refractivity contribution in [3.05, 3.63) is 59.8 Å². The maximum Gasteiger partial charge on any atom is 0.220 e. The number of nitrogens with one attached hydrogen (secondary N) is 1. The predicted octanol–water partition coefficient (Wildman–Crippen LogP) is 6.52. The summed E-state index contributed by atoms with van der Waals surface area (Å²) in [6.07, 6.45) is 14.5. The van der Waals surface area contributed by atoms with E-state index in [-0.39, 0.29) is 5.91 Å². The molecule has 4 nitrogen and oxygen atoms in total. The molecule has 0 spiro atoms. The van der Waals surface area contributed by atoms with Crippen molar-refractivity contribution < 1.29 is 4.79 Å². The predicted molar refractivity (Wildman–Crippen MR) is 145 cm³/mol. The molecule has 0 atom stereocenters. The first-order valence-corrected chi connectivity index (χ1v) is 13.8. The number of aromatic nitrogens is 1. The van der Waals surface area contributed by atoms with E-state index in [4.69, 9.17) is 5.73 Å². The highest BCUT2D eigenvalue weighted by Crippen LogP contribution is 2.32.